The van der Waals surface area contributed by atoms with E-state index in [2.05, 4.69) is 33.6 Å². The Morgan fingerprint density at radius 1 is 1.45 bits per heavy atom. The Kier molecular flexibility index (Phi) is 4.40. The normalized spacial score (nSPS) is 16.0. The van der Waals surface area contributed by atoms with Crippen LogP contribution in [0.4, 0.5) is 0 Å². The Bertz CT molecular complexity index is 702. The van der Waals surface area contributed by atoms with Crippen LogP contribution in [-0.2, 0) is 13.0 Å². The summed E-state index contributed by atoms with van der Waals surface area (Å²) >= 11 is 1.83. The van der Waals surface area contributed by atoms with Gasteiger partial charge in [-0.2, -0.15) is 0 Å². The van der Waals surface area contributed by atoms with Gasteiger partial charge in [-0.1, -0.05) is 0 Å². The van der Waals surface area contributed by atoms with Crippen LogP contribution in [0.15, 0.2) is 34.6 Å². The molecule has 0 radical (unpaired) electrons. The van der Waals surface area contributed by atoms with Crippen LogP contribution in [0, 0.1) is 0 Å². The van der Waals surface area contributed by atoms with Gasteiger partial charge < -0.3 is 10.3 Å². The first-order valence-corrected chi connectivity index (χ1v) is 8.27. The third kappa shape index (κ3) is 3.28. The van der Waals surface area contributed by atoms with Crippen LogP contribution in [0.2, 0.25) is 0 Å². The number of nitrogens with one attached hydrogen (secondary N) is 2. The van der Waals surface area contributed by atoms with Gasteiger partial charge in [-0.05, 0) is 36.4 Å². The van der Waals surface area contributed by atoms with Crippen LogP contribution < -0.4 is 10.9 Å². The molecule has 0 spiro atoms. The second kappa shape index (κ2) is 6.46. The maximum atomic E-state index is 12.1. The lowest BCUT2D eigenvalue weighted by atomic mass is 10.1. The lowest BCUT2D eigenvalue weighted by Gasteiger charge is -2.32. The molecule has 3 heterocycles. The Hall–Kier alpha value is -1.92. The van der Waals surface area contributed by atoms with E-state index in [1.807, 2.05) is 11.3 Å². The molecule has 0 fully saturated rings. The van der Waals surface area contributed by atoms with Crippen LogP contribution in [0.5, 0.6) is 0 Å². The highest BCUT2D eigenvalue weighted by Crippen LogP contribution is 2.24. The molecule has 0 aliphatic carbocycles. The third-order valence-electron chi connectivity index (χ3n) is 4.06. The number of rotatable bonds is 4. The summed E-state index contributed by atoms with van der Waals surface area (Å²) in [6.45, 7) is 4.71. The second-order valence-electron chi connectivity index (χ2n) is 5.59. The summed E-state index contributed by atoms with van der Waals surface area (Å²) < 4.78 is 0. The first-order valence-electron chi connectivity index (χ1n) is 7.40. The first kappa shape index (κ1) is 15.0. The van der Waals surface area contributed by atoms with E-state index in [0.717, 1.165) is 19.5 Å². The highest BCUT2D eigenvalue weighted by atomic mass is 32.1. The Morgan fingerprint density at radius 3 is 3.09 bits per heavy atom. The molecule has 1 aliphatic rings. The highest BCUT2D eigenvalue weighted by molar-refractivity contribution is 7.10. The number of carbonyl (C=O) groups excluding carboxylic acids is 1. The highest BCUT2D eigenvalue weighted by Gasteiger charge is 2.21. The van der Waals surface area contributed by atoms with Crippen LogP contribution >= 0.6 is 11.3 Å². The van der Waals surface area contributed by atoms with Gasteiger partial charge in [0.1, 0.15) is 0 Å². The average molecular weight is 317 g/mol. The molecule has 0 unspecified atom stereocenters. The summed E-state index contributed by atoms with van der Waals surface area (Å²) in [5.74, 6) is -0.156. The Labute approximate surface area is 133 Å². The minimum absolute atomic E-state index is 0.156. The molecule has 0 saturated heterocycles. The van der Waals surface area contributed by atoms with Crippen molar-refractivity contribution in [2.75, 3.05) is 13.1 Å². The molecule has 3 rings (SSSR count). The average Bonchev–Trinajstić information content (AvgIpc) is 3.00. The molecule has 22 heavy (non-hydrogen) atoms. The topological polar surface area (TPSA) is 65.2 Å². The Balaban J connectivity index is 1.54. The van der Waals surface area contributed by atoms with E-state index in [-0.39, 0.29) is 17.5 Å². The minimum Gasteiger partial charge on any atom is -0.350 e. The molecule has 0 saturated carbocycles. The van der Waals surface area contributed by atoms with Crippen molar-refractivity contribution < 1.29 is 4.79 Å². The van der Waals surface area contributed by atoms with Crippen LogP contribution in [0.25, 0.3) is 0 Å². The maximum Gasteiger partial charge on any atom is 0.252 e. The Morgan fingerprint density at radius 2 is 2.32 bits per heavy atom. The predicted octanol–water partition coefficient (Wildman–Crippen LogP) is 1.61. The molecular weight excluding hydrogens is 298 g/mol. The van der Waals surface area contributed by atoms with Gasteiger partial charge in [-0.25, -0.2) is 0 Å². The van der Waals surface area contributed by atoms with Gasteiger partial charge in [-0.15, -0.1) is 11.3 Å². The van der Waals surface area contributed by atoms with Gasteiger partial charge in [0.2, 0.25) is 5.56 Å². The van der Waals surface area contributed by atoms with Gasteiger partial charge in [-0.3, -0.25) is 14.5 Å². The molecule has 1 amide bonds. The van der Waals surface area contributed by atoms with Crippen LogP contribution in [-0.4, -0.2) is 34.9 Å². The fourth-order valence-corrected chi connectivity index (χ4v) is 3.56. The number of amides is 1. The van der Waals surface area contributed by atoms with Gasteiger partial charge >= 0.3 is 0 Å². The lowest BCUT2D eigenvalue weighted by Crippen LogP contribution is -2.44. The van der Waals surface area contributed by atoms with Crippen molar-refractivity contribution >= 4 is 17.2 Å². The molecule has 1 aliphatic heterocycles. The van der Waals surface area contributed by atoms with Gasteiger partial charge in [0.25, 0.3) is 5.91 Å². The van der Waals surface area contributed by atoms with E-state index in [9.17, 15) is 9.59 Å². The summed E-state index contributed by atoms with van der Waals surface area (Å²) in [4.78, 5) is 29.4. The zero-order valence-corrected chi connectivity index (χ0v) is 13.3. The van der Waals surface area contributed by atoms with Crippen LogP contribution in [0.3, 0.4) is 0 Å². The van der Waals surface area contributed by atoms with E-state index < -0.39 is 0 Å². The molecular formula is C16H19N3O2S. The molecule has 2 aromatic heterocycles. The van der Waals surface area contributed by atoms with Crippen LogP contribution in [0.1, 0.15) is 27.7 Å². The van der Waals surface area contributed by atoms with E-state index in [4.69, 9.17) is 0 Å². The number of fused-ring (bicyclic) bond motifs is 1. The van der Waals surface area contributed by atoms with E-state index >= 15 is 0 Å². The molecule has 6 heteroatoms. The molecule has 2 N–H and O–H groups in total. The van der Waals surface area contributed by atoms with E-state index in [1.54, 1.807) is 0 Å². The monoisotopic (exact) mass is 317 g/mol. The van der Waals surface area contributed by atoms with Crippen molar-refractivity contribution in [3.63, 3.8) is 0 Å². The molecule has 2 aromatic rings. The van der Waals surface area contributed by atoms with E-state index in [0.29, 0.717) is 12.1 Å². The number of aromatic nitrogens is 1. The number of carbonyl (C=O) groups is 1. The minimum atomic E-state index is -0.204. The number of hydrogen-bond acceptors (Lipinski definition) is 4. The van der Waals surface area contributed by atoms with Crippen molar-refractivity contribution in [1.29, 1.82) is 0 Å². The second-order valence-corrected chi connectivity index (χ2v) is 6.59. The molecule has 0 bridgehead atoms. The summed E-state index contributed by atoms with van der Waals surface area (Å²) in [7, 11) is 0. The van der Waals surface area contributed by atoms with Crippen molar-refractivity contribution in [2.45, 2.75) is 25.9 Å². The van der Waals surface area contributed by atoms with Crippen molar-refractivity contribution in [3.05, 3.63) is 56.1 Å². The molecule has 0 aromatic carbocycles. The number of nitrogens with zero attached hydrogens (tertiary/aromatic N) is 1. The lowest BCUT2D eigenvalue weighted by molar-refractivity contribution is 0.0932. The number of aromatic amines is 1. The fraction of sp³-hybridized carbons (Fsp3) is 0.375. The quantitative estimate of drug-likeness (QED) is 0.900. The zero-order chi connectivity index (χ0) is 15.5. The van der Waals surface area contributed by atoms with Crippen molar-refractivity contribution in [3.8, 4) is 0 Å². The summed E-state index contributed by atoms with van der Waals surface area (Å²) in [6, 6.07) is 5.37. The zero-order valence-electron chi connectivity index (χ0n) is 12.5. The standard InChI is InChI=1S/C16H19N3O2S/c1-11(19-6-4-14-13(10-19)5-7-22-14)8-18-16(21)12-2-3-15(20)17-9-12/h2-3,5,7,9,11H,4,6,8,10H2,1H3,(H,17,20)(H,18,21)/t11-/m0/s1. The largest absolute Gasteiger partial charge is 0.350 e. The summed E-state index contributed by atoms with van der Waals surface area (Å²) in [6.07, 6.45) is 2.53. The van der Waals surface area contributed by atoms with Crippen molar-refractivity contribution in [2.24, 2.45) is 0 Å². The molecule has 116 valence electrons. The molecule has 5 nitrogen and oxygen atoms in total. The van der Waals surface area contributed by atoms with E-state index in [1.165, 1.54) is 28.8 Å². The number of H-pyrrole nitrogens is 1. The number of pyridine rings is 1. The molecule has 1 atom stereocenters. The smallest absolute Gasteiger partial charge is 0.252 e. The fourth-order valence-electron chi connectivity index (χ4n) is 2.67. The number of hydrogen-bond donors (Lipinski definition) is 2. The van der Waals surface area contributed by atoms with Crippen molar-refractivity contribution in [1.82, 2.24) is 15.2 Å². The van der Waals surface area contributed by atoms with Gasteiger partial charge in [0.05, 0.1) is 5.56 Å². The predicted molar refractivity (Wildman–Crippen MR) is 87.3 cm³/mol. The first-order chi connectivity index (χ1) is 10.6. The third-order valence-corrected chi connectivity index (χ3v) is 5.09. The summed E-state index contributed by atoms with van der Waals surface area (Å²) in [5, 5.41) is 5.08. The van der Waals surface area contributed by atoms with Gasteiger partial charge in [0, 0.05) is 42.8 Å². The summed E-state index contributed by atoms with van der Waals surface area (Å²) in [5.41, 5.74) is 1.69. The number of thiophene rings is 1. The van der Waals surface area contributed by atoms with Gasteiger partial charge in [0.15, 0.2) is 0 Å². The SMILES string of the molecule is C[C@@H](CNC(=O)c1ccc(=O)[nH]c1)N1CCc2sccc2C1. The maximum absolute atomic E-state index is 12.1.